The van der Waals surface area contributed by atoms with Gasteiger partial charge in [0.25, 0.3) is 0 Å². The van der Waals surface area contributed by atoms with Crippen LogP contribution in [0.1, 0.15) is 67.3 Å². The Balaban J connectivity index is 1.48. The van der Waals surface area contributed by atoms with Crippen molar-refractivity contribution in [3.63, 3.8) is 0 Å². The molecule has 0 radical (unpaired) electrons. The number of esters is 1. The van der Waals surface area contributed by atoms with Gasteiger partial charge in [-0.15, -0.1) is 0 Å². The molecule has 4 saturated carbocycles. The summed E-state index contributed by atoms with van der Waals surface area (Å²) >= 11 is 0. The van der Waals surface area contributed by atoms with E-state index in [-0.39, 0.29) is 11.2 Å². The molecule has 0 spiro atoms. The van der Waals surface area contributed by atoms with Crippen molar-refractivity contribution in [2.24, 2.45) is 23.2 Å². The third kappa shape index (κ3) is 2.51. The van der Waals surface area contributed by atoms with Gasteiger partial charge in [0.15, 0.2) is 11.9 Å². The summed E-state index contributed by atoms with van der Waals surface area (Å²) < 4.78 is 10.9. The fourth-order valence-electron chi connectivity index (χ4n) is 5.95. The fourth-order valence-corrected chi connectivity index (χ4v) is 5.95. The fraction of sp³-hybridized carbons (Fsp3) is 0.700. The summed E-state index contributed by atoms with van der Waals surface area (Å²) in [6, 6.07) is 1.68. The van der Waals surface area contributed by atoms with E-state index in [4.69, 9.17) is 9.15 Å². The van der Waals surface area contributed by atoms with Crippen molar-refractivity contribution in [2.45, 2.75) is 65.4 Å². The molecule has 4 fully saturated rings. The minimum Gasteiger partial charge on any atom is -0.466 e. The van der Waals surface area contributed by atoms with Crippen LogP contribution in [0, 0.1) is 37.0 Å². The molecule has 0 N–H and O–H groups in total. The first-order valence-corrected chi connectivity index (χ1v) is 9.18. The van der Waals surface area contributed by atoms with Crippen LogP contribution in [0.25, 0.3) is 0 Å². The first kappa shape index (κ1) is 15.9. The Kier molecular flexibility index (Phi) is 3.63. The Morgan fingerprint density at radius 1 is 1.12 bits per heavy atom. The van der Waals surface area contributed by atoms with E-state index >= 15 is 0 Å². The zero-order chi connectivity index (χ0) is 17.1. The molecule has 4 heteroatoms. The third-order valence-corrected chi connectivity index (χ3v) is 6.47. The van der Waals surface area contributed by atoms with Gasteiger partial charge in [-0.25, -0.2) is 4.79 Å². The maximum Gasteiger partial charge on any atom is 0.342 e. The number of rotatable bonds is 4. The molecule has 1 aromatic heterocycles. The van der Waals surface area contributed by atoms with Crippen LogP contribution in [0.15, 0.2) is 10.5 Å². The molecule has 24 heavy (non-hydrogen) atoms. The van der Waals surface area contributed by atoms with Crippen LogP contribution in [0.4, 0.5) is 0 Å². The quantitative estimate of drug-likeness (QED) is 0.775. The Morgan fingerprint density at radius 3 is 2.12 bits per heavy atom. The van der Waals surface area contributed by atoms with E-state index in [9.17, 15) is 9.59 Å². The molecule has 4 nitrogen and oxygen atoms in total. The molecule has 5 rings (SSSR count). The van der Waals surface area contributed by atoms with Crippen LogP contribution in [-0.4, -0.2) is 17.9 Å². The highest BCUT2D eigenvalue weighted by molar-refractivity contribution is 5.95. The number of ether oxygens (including phenoxy) is 1. The summed E-state index contributed by atoms with van der Waals surface area (Å²) in [5, 5.41) is 0. The van der Waals surface area contributed by atoms with Gasteiger partial charge in [0.05, 0.1) is 0 Å². The second kappa shape index (κ2) is 5.47. The van der Waals surface area contributed by atoms with Gasteiger partial charge >= 0.3 is 5.97 Å². The lowest BCUT2D eigenvalue weighted by molar-refractivity contribution is -0.152. The molecule has 4 aliphatic carbocycles. The second-order valence-corrected chi connectivity index (χ2v) is 8.44. The van der Waals surface area contributed by atoms with Gasteiger partial charge in [0.1, 0.15) is 17.1 Å². The van der Waals surface area contributed by atoms with Gasteiger partial charge in [-0.1, -0.05) is 0 Å². The standard InChI is InChI=1S/C20H26O4/c1-11-4-17(12(2)23-11)19(22)24-13(3)18(21)20-8-14-5-15(9-20)7-16(6-14)10-20/h4,13-16H,5-10H2,1-3H3/t13-,14?,15?,16?,20?/m1/s1. The minimum atomic E-state index is -0.677. The molecule has 4 bridgehead atoms. The number of hydrogen-bond donors (Lipinski definition) is 0. The highest BCUT2D eigenvalue weighted by Gasteiger charge is 2.55. The monoisotopic (exact) mass is 330 g/mol. The average molecular weight is 330 g/mol. The number of furan rings is 1. The van der Waals surface area contributed by atoms with Gasteiger partial charge < -0.3 is 9.15 Å². The molecular weight excluding hydrogens is 304 g/mol. The Labute approximate surface area is 142 Å². The van der Waals surface area contributed by atoms with E-state index in [1.165, 1.54) is 19.3 Å². The minimum absolute atomic E-state index is 0.146. The van der Waals surface area contributed by atoms with E-state index < -0.39 is 12.1 Å². The number of Topliss-reactive ketones (excluding diaryl/α,β-unsaturated/α-hetero) is 1. The molecule has 4 aliphatic rings. The van der Waals surface area contributed by atoms with Crippen LogP contribution >= 0.6 is 0 Å². The van der Waals surface area contributed by atoms with Crippen molar-refractivity contribution in [3.05, 3.63) is 23.2 Å². The van der Waals surface area contributed by atoms with Crippen LogP contribution in [0.3, 0.4) is 0 Å². The number of hydrogen-bond acceptors (Lipinski definition) is 4. The predicted octanol–water partition coefficient (Wildman–Crippen LogP) is 4.23. The number of aryl methyl sites for hydroxylation is 2. The van der Waals surface area contributed by atoms with Crippen molar-refractivity contribution in [1.29, 1.82) is 0 Å². The lowest BCUT2D eigenvalue weighted by Gasteiger charge is -2.56. The molecule has 0 saturated heterocycles. The summed E-state index contributed by atoms with van der Waals surface area (Å²) in [6.45, 7) is 5.28. The van der Waals surface area contributed by atoms with Crippen LogP contribution in [0.2, 0.25) is 0 Å². The van der Waals surface area contributed by atoms with Crippen molar-refractivity contribution in [1.82, 2.24) is 0 Å². The maximum atomic E-state index is 13.2. The van der Waals surface area contributed by atoms with Crippen LogP contribution < -0.4 is 0 Å². The van der Waals surface area contributed by atoms with E-state index in [1.54, 1.807) is 26.8 Å². The molecular formula is C20H26O4. The maximum absolute atomic E-state index is 13.2. The van der Waals surface area contributed by atoms with Gasteiger partial charge in [-0.3, -0.25) is 4.79 Å². The van der Waals surface area contributed by atoms with E-state index in [2.05, 4.69) is 0 Å². The molecule has 1 atom stereocenters. The zero-order valence-corrected chi connectivity index (χ0v) is 14.8. The van der Waals surface area contributed by atoms with E-state index in [0.717, 1.165) is 19.3 Å². The predicted molar refractivity (Wildman–Crippen MR) is 88.7 cm³/mol. The van der Waals surface area contributed by atoms with Gasteiger partial charge in [0, 0.05) is 5.41 Å². The topological polar surface area (TPSA) is 56.5 Å². The van der Waals surface area contributed by atoms with Gasteiger partial charge in [-0.05, 0) is 83.1 Å². The highest BCUT2D eigenvalue weighted by atomic mass is 16.5. The summed E-state index contributed by atoms with van der Waals surface area (Å²) in [6.07, 6.45) is 6.23. The summed E-state index contributed by atoms with van der Waals surface area (Å²) in [7, 11) is 0. The average Bonchev–Trinajstić information content (AvgIpc) is 2.83. The largest absolute Gasteiger partial charge is 0.466 e. The molecule has 1 aromatic rings. The molecule has 130 valence electrons. The normalized spacial score (nSPS) is 35.0. The van der Waals surface area contributed by atoms with Crippen molar-refractivity contribution < 1.29 is 18.7 Å². The third-order valence-electron chi connectivity index (χ3n) is 6.47. The molecule has 1 heterocycles. The molecule has 0 aromatic carbocycles. The Morgan fingerprint density at radius 2 is 1.67 bits per heavy atom. The lowest BCUT2D eigenvalue weighted by atomic mass is 9.48. The van der Waals surface area contributed by atoms with Gasteiger partial charge in [-0.2, -0.15) is 0 Å². The zero-order valence-electron chi connectivity index (χ0n) is 14.8. The summed E-state index contributed by atoms with van der Waals surface area (Å²) in [4.78, 5) is 25.5. The highest BCUT2D eigenvalue weighted by Crippen LogP contribution is 2.60. The lowest BCUT2D eigenvalue weighted by Crippen LogP contribution is -2.52. The number of carbonyl (C=O) groups excluding carboxylic acids is 2. The molecule has 0 amide bonds. The van der Waals surface area contributed by atoms with Crippen molar-refractivity contribution in [2.75, 3.05) is 0 Å². The van der Waals surface area contributed by atoms with E-state index in [1.807, 2.05) is 0 Å². The SMILES string of the molecule is Cc1cc(C(=O)O[C@H](C)C(=O)C23CC4CC(CC(C4)C2)C3)c(C)o1. The number of ketones is 1. The first-order chi connectivity index (χ1) is 11.4. The number of carbonyl (C=O) groups is 2. The van der Waals surface area contributed by atoms with E-state index in [0.29, 0.717) is 34.8 Å². The Bertz CT molecular complexity index is 649. The summed E-state index contributed by atoms with van der Waals surface area (Å²) in [5.74, 6) is 3.06. The first-order valence-electron chi connectivity index (χ1n) is 9.18. The van der Waals surface area contributed by atoms with Crippen LogP contribution in [0.5, 0.6) is 0 Å². The van der Waals surface area contributed by atoms with Crippen molar-refractivity contribution >= 4 is 11.8 Å². The summed E-state index contributed by atoms with van der Waals surface area (Å²) in [5.41, 5.74) is 0.202. The Hall–Kier alpha value is -1.58. The van der Waals surface area contributed by atoms with Crippen LogP contribution in [-0.2, 0) is 9.53 Å². The molecule has 0 aliphatic heterocycles. The van der Waals surface area contributed by atoms with Crippen molar-refractivity contribution in [3.8, 4) is 0 Å². The molecule has 0 unspecified atom stereocenters. The smallest absolute Gasteiger partial charge is 0.342 e. The van der Waals surface area contributed by atoms with Gasteiger partial charge in [0.2, 0.25) is 0 Å². The second-order valence-electron chi connectivity index (χ2n) is 8.44.